The molecule has 2 aliphatic rings. The zero-order chi connectivity index (χ0) is 17.0. The zero-order valence-corrected chi connectivity index (χ0v) is 14.1. The van der Waals surface area contributed by atoms with Crippen LogP contribution in [0.4, 0.5) is 14.6 Å². The first kappa shape index (κ1) is 17.7. The molecule has 0 atom stereocenters. The molecule has 4 rings (SSSR count). The summed E-state index contributed by atoms with van der Waals surface area (Å²) in [5.74, 6) is -2.80. The van der Waals surface area contributed by atoms with Gasteiger partial charge < -0.3 is 14.6 Å². The molecule has 2 aromatic rings. The van der Waals surface area contributed by atoms with Gasteiger partial charge in [-0.05, 0) is 31.7 Å². The number of nitrogens with zero attached hydrogens (tertiary/aromatic N) is 2. The fourth-order valence-corrected chi connectivity index (χ4v) is 3.57. The summed E-state index contributed by atoms with van der Waals surface area (Å²) in [6.07, 6.45) is 3.35. The van der Waals surface area contributed by atoms with Gasteiger partial charge >= 0.3 is 5.97 Å². The number of pyridine rings is 1. The number of carboxylic acids is 1. The van der Waals surface area contributed by atoms with E-state index in [2.05, 4.69) is 0 Å². The van der Waals surface area contributed by atoms with Gasteiger partial charge in [0.15, 0.2) is 5.82 Å². The van der Waals surface area contributed by atoms with Crippen LogP contribution < -0.4 is 10.3 Å². The Hall–Kier alpha value is -2.15. The van der Waals surface area contributed by atoms with Crippen molar-refractivity contribution >= 4 is 35.1 Å². The van der Waals surface area contributed by atoms with Crippen LogP contribution in [0.15, 0.2) is 16.9 Å². The molecule has 0 bridgehead atoms. The average molecular weight is 371 g/mol. The lowest BCUT2D eigenvalue weighted by Crippen LogP contribution is -2.31. The number of aromatic nitrogens is 1. The van der Waals surface area contributed by atoms with Crippen molar-refractivity contribution in [3.05, 3.63) is 39.6 Å². The lowest BCUT2D eigenvalue weighted by molar-refractivity contribution is 0.0695. The quantitative estimate of drug-likeness (QED) is 0.900. The van der Waals surface area contributed by atoms with Crippen LogP contribution in [0.5, 0.6) is 0 Å². The number of anilines is 1. The fraction of sp³-hybridized carbons (Fsp3) is 0.412. The van der Waals surface area contributed by atoms with Gasteiger partial charge in [-0.1, -0.05) is 0 Å². The molecule has 8 heteroatoms. The van der Waals surface area contributed by atoms with Gasteiger partial charge in [0.1, 0.15) is 17.2 Å². The van der Waals surface area contributed by atoms with Crippen molar-refractivity contribution in [3.8, 4) is 0 Å². The third-order valence-electron chi connectivity index (χ3n) is 4.72. The van der Waals surface area contributed by atoms with Crippen LogP contribution in [0, 0.1) is 11.6 Å². The van der Waals surface area contributed by atoms with Crippen LogP contribution in [-0.4, -0.2) is 28.7 Å². The Morgan fingerprint density at radius 1 is 1.16 bits per heavy atom. The van der Waals surface area contributed by atoms with Crippen LogP contribution >= 0.6 is 12.4 Å². The Morgan fingerprint density at radius 2 is 1.80 bits per heavy atom. The minimum Gasteiger partial charge on any atom is -0.477 e. The summed E-state index contributed by atoms with van der Waals surface area (Å²) in [5.41, 5.74) is -1.20. The maximum absolute atomic E-state index is 14.5. The summed E-state index contributed by atoms with van der Waals surface area (Å²) in [7, 11) is 0. The van der Waals surface area contributed by atoms with Gasteiger partial charge in [0, 0.05) is 25.2 Å². The number of aromatic carboxylic acids is 1. The van der Waals surface area contributed by atoms with E-state index >= 15 is 0 Å². The molecule has 134 valence electrons. The zero-order valence-electron chi connectivity index (χ0n) is 13.3. The van der Waals surface area contributed by atoms with Crippen LogP contribution in [-0.2, 0) is 0 Å². The Bertz CT molecular complexity index is 918. The molecule has 25 heavy (non-hydrogen) atoms. The van der Waals surface area contributed by atoms with E-state index in [9.17, 15) is 23.5 Å². The lowest BCUT2D eigenvalue weighted by Gasteiger charge is -2.26. The van der Waals surface area contributed by atoms with Crippen LogP contribution in [0.2, 0.25) is 0 Å². The van der Waals surface area contributed by atoms with E-state index in [4.69, 9.17) is 0 Å². The first-order chi connectivity index (χ1) is 11.5. The van der Waals surface area contributed by atoms with E-state index in [1.54, 1.807) is 4.57 Å². The topological polar surface area (TPSA) is 62.5 Å². The minimum atomic E-state index is -1.36. The molecule has 1 aliphatic carbocycles. The first-order valence-corrected chi connectivity index (χ1v) is 8.04. The van der Waals surface area contributed by atoms with Gasteiger partial charge in [-0.15, -0.1) is 12.4 Å². The van der Waals surface area contributed by atoms with E-state index in [0.717, 1.165) is 37.8 Å². The smallest absolute Gasteiger partial charge is 0.343 e. The summed E-state index contributed by atoms with van der Waals surface area (Å²) in [6.45, 7) is 1.25. The minimum absolute atomic E-state index is 0. The van der Waals surface area contributed by atoms with Gasteiger partial charge in [-0.2, -0.15) is 0 Å². The first-order valence-electron chi connectivity index (χ1n) is 8.04. The molecule has 2 fully saturated rings. The summed E-state index contributed by atoms with van der Waals surface area (Å²) in [4.78, 5) is 26.3. The molecule has 0 amide bonds. The van der Waals surface area contributed by atoms with Gasteiger partial charge in [0.25, 0.3) is 0 Å². The van der Waals surface area contributed by atoms with Crippen molar-refractivity contribution in [2.24, 2.45) is 0 Å². The van der Waals surface area contributed by atoms with E-state index in [1.807, 2.05) is 4.90 Å². The monoisotopic (exact) mass is 370 g/mol. The van der Waals surface area contributed by atoms with Crippen LogP contribution in [0.3, 0.4) is 0 Å². The van der Waals surface area contributed by atoms with Crippen molar-refractivity contribution in [2.45, 2.75) is 31.7 Å². The normalized spacial score (nSPS) is 17.0. The number of hydrogen-bond donors (Lipinski definition) is 1. The number of halogens is 3. The molecule has 1 saturated heterocycles. The average Bonchev–Trinajstić information content (AvgIpc) is 3.21. The second-order valence-corrected chi connectivity index (χ2v) is 6.41. The SMILES string of the molecule is Cl.O=C(O)c1c(N2CCCC2)n(C2CC2)c2c(F)cc(F)cc2c1=O. The Morgan fingerprint density at radius 3 is 2.36 bits per heavy atom. The summed E-state index contributed by atoms with van der Waals surface area (Å²) < 4.78 is 29.7. The van der Waals surface area contributed by atoms with Crippen LogP contribution in [0.25, 0.3) is 10.9 Å². The molecule has 1 aromatic heterocycles. The highest BCUT2D eigenvalue weighted by Gasteiger charge is 2.35. The number of hydrogen-bond acceptors (Lipinski definition) is 3. The number of carbonyl (C=O) groups is 1. The standard InChI is InChI=1S/C17H16F2N2O3.ClH/c18-9-7-11-14(12(19)8-9)21(10-3-4-10)16(20-5-1-2-6-20)13(15(11)22)17(23)24;/h7-8,10H,1-6H2,(H,23,24);1H. The number of fused-ring (bicyclic) bond motifs is 1. The number of rotatable bonds is 3. The highest BCUT2D eigenvalue weighted by atomic mass is 35.5. The van der Waals surface area contributed by atoms with E-state index in [1.165, 1.54) is 0 Å². The second-order valence-electron chi connectivity index (χ2n) is 6.41. The molecule has 1 saturated carbocycles. The van der Waals surface area contributed by atoms with Gasteiger partial charge in [0.05, 0.1) is 10.9 Å². The second kappa shape index (κ2) is 6.29. The van der Waals surface area contributed by atoms with Crippen molar-refractivity contribution in [1.82, 2.24) is 4.57 Å². The molecule has 1 aliphatic heterocycles. The fourth-order valence-electron chi connectivity index (χ4n) is 3.57. The van der Waals surface area contributed by atoms with Gasteiger partial charge in [0.2, 0.25) is 5.43 Å². The summed E-state index contributed by atoms with van der Waals surface area (Å²) >= 11 is 0. The van der Waals surface area contributed by atoms with Crippen molar-refractivity contribution < 1.29 is 18.7 Å². The van der Waals surface area contributed by atoms with Crippen molar-refractivity contribution in [2.75, 3.05) is 18.0 Å². The predicted molar refractivity (Wildman–Crippen MR) is 92.0 cm³/mol. The molecule has 1 aromatic carbocycles. The van der Waals surface area contributed by atoms with Crippen molar-refractivity contribution in [1.29, 1.82) is 0 Å². The summed E-state index contributed by atoms with van der Waals surface area (Å²) in [6, 6.07) is 1.62. The molecule has 1 N–H and O–H groups in total. The maximum Gasteiger partial charge on any atom is 0.343 e. The molecule has 5 nitrogen and oxygen atoms in total. The van der Waals surface area contributed by atoms with Crippen molar-refractivity contribution in [3.63, 3.8) is 0 Å². The Kier molecular flexibility index (Phi) is 4.45. The molecule has 0 radical (unpaired) electrons. The molecule has 0 spiro atoms. The number of carboxylic acid groups (broad SMARTS) is 1. The molecule has 0 unspecified atom stereocenters. The van der Waals surface area contributed by atoms with E-state index in [0.29, 0.717) is 13.1 Å². The van der Waals surface area contributed by atoms with E-state index in [-0.39, 0.29) is 40.7 Å². The van der Waals surface area contributed by atoms with Gasteiger partial charge in [-0.3, -0.25) is 4.79 Å². The third-order valence-corrected chi connectivity index (χ3v) is 4.72. The van der Waals surface area contributed by atoms with E-state index < -0.39 is 23.0 Å². The van der Waals surface area contributed by atoms with Crippen LogP contribution in [0.1, 0.15) is 42.1 Å². The lowest BCUT2D eigenvalue weighted by atomic mass is 10.1. The number of benzene rings is 1. The highest BCUT2D eigenvalue weighted by molar-refractivity contribution is 5.99. The molecular weight excluding hydrogens is 354 g/mol. The van der Waals surface area contributed by atoms with Gasteiger partial charge in [-0.25, -0.2) is 13.6 Å². The highest BCUT2D eigenvalue weighted by Crippen LogP contribution is 2.42. The molecular formula is C17H17ClF2N2O3. The summed E-state index contributed by atoms with van der Waals surface area (Å²) in [5, 5.41) is 9.40. The predicted octanol–water partition coefficient (Wildman–Crippen LogP) is 3.33. The Labute approximate surface area is 148 Å². The maximum atomic E-state index is 14.5. The Balaban J connectivity index is 0.00000182. The third kappa shape index (κ3) is 2.76. The largest absolute Gasteiger partial charge is 0.477 e. The molecule has 2 heterocycles.